The Morgan fingerprint density at radius 2 is 1.47 bits per heavy atom. The third-order valence-electron chi connectivity index (χ3n) is 2.97. The molecule has 0 saturated carbocycles. The Morgan fingerprint density at radius 3 is 2.35 bits per heavy atom. The van der Waals surface area contributed by atoms with E-state index in [-0.39, 0.29) is 0 Å². The molecule has 2 heterocycles. The second-order valence-corrected chi connectivity index (χ2v) is 6.14. The summed E-state index contributed by atoms with van der Waals surface area (Å²) in [4.78, 5) is 0. The molecule has 1 nitrogen and oxygen atoms in total. The van der Waals surface area contributed by atoms with Gasteiger partial charge in [-0.1, -0.05) is 18.2 Å². The molecule has 0 aliphatic heterocycles. The van der Waals surface area contributed by atoms with Crippen molar-refractivity contribution in [2.45, 2.75) is 0 Å². The van der Waals surface area contributed by atoms with Crippen LogP contribution >= 0.6 is 22.7 Å². The van der Waals surface area contributed by atoms with Gasteiger partial charge in [0, 0.05) is 20.2 Å². The first-order valence-electron chi connectivity index (χ1n) is 5.36. The number of hydrogen-bond donors (Lipinski definition) is 1. The van der Waals surface area contributed by atoms with Crippen molar-refractivity contribution in [3.63, 3.8) is 0 Å². The van der Waals surface area contributed by atoms with E-state index in [1.807, 2.05) is 23.5 Å². The lowest BCUT2D eigenvalue weighted by atomic mass is 10.2. The second kappa shape index (κ2) is 3.22. The van der Waals surface area contributed by atoms with Crippen LogP contribution in [0, 0.1) is 0 Å². The summed E-state index contributed by atoms with van der Waals surface area (Å²) in [5.74, 6) is 0.343. The Balaban J connectivity index is 2.29. The third kappa shape index (κ3) is 1.24. The van der Waals surface area contributed by atoms with Crippen LogP contribution in [0.4, 0.5) is 0 Å². The summed E-state index contributed by atoms with van der Waals surface area (Å²) in [6.45, 7) is 0. The molecular weight excluding hydrogens is 248 g/mol. The van der Waals surface area contributed by atoms with Gasteiger partial charge in [-0.2, -0.15) is 0 Å². The summed E-state index contributed by atoms with van der Waals surface area (Å²) < 4.78 is 5.18. The Kier molecular flexibility index (Phi) is 1.79. The zero-order chi connectivity index (χ0) is 11.4. The largest absolute Gasteiger partial charge is 0.508 e. The lowest BCUT2D eigenvalue weighted by molar-refractivity contribution is 0.476. The average Bonchev–Trinajstić information content (AvgIpc) is 2.84. The minimum Gasteiger partial charge on any atom is -0.508 e. The molecule has 2 aromatic heterocycles. The second-order valence-electron chi connectivity index (χ2n) is 4.04. The number of aromatic hydroxyl groups is 1. The molecule has 0 atom stereocenters. The fourth-order valence-corrected chi connectivity index (χ4v) is 4.88. The number of benzene rings is 2. The minimum absolute atomic E-state index is 0.343. The van der Waals surface area contributed by atoms with Crippen molar-refractivity contribution in [3.05, 3.63) is 42.5 Å². The standard InChI is InChI=1S/C14H8OS2/c15-8-5-6-10-12(7-8)17-13-9-3-1-2-4-11(9)16-14(10)13/h1-7,15H. The number of hydrogen-bond acceptors (Lipinski definition) is 3. The van der Waals surface area contributed by atoms with Crippen molar-refractivity contribution in [2.75, 3.05) is 0 Å². The summed E-state index contributed by atoms with van der Waals surface area (Å²) in [5.41, 5.74) is 0. The van der Waals surface area contributed by atoms with Gasteiger partial charge in [0.25, 0.3) is 0 Å². The van der Waals surface area contributed by atoms with Crippen molar-refractivity contribution in [3.8, 4) is 5.75 Å². The number of thiophene rings is 2. The number of rotatable bonds is 0. The lowest BCUT2D eigenvalue weighted by Gasteiger charge is -1.91. The molecule has 1 N–H and O–H groups in total. The molecule has 3 heteroatoms. The van der Waals surface area contributed by atoms with Gasteiger partial charge in [0.15, 0.2) is 0 Å². The lowest BCUT2D eigenvalue weighted by Crippen LogP contribution is -1.62. The van der Waals surface area contributed by atoms with Gasteiger partial charge in [0.1, 0.15) is 5.75 Å². The van der Waals surface area contributed by atoms with Gasteiger partial charge in [-0.25, -0.2) is 0 Å². The van der Waals surface area contributed by atoms with Gasteiger partial charge in [0.2, 0.25) is 0 Å². The highest BCUT2D eigenvalue weighted by atomic mass is 32.1. The quantitative estimate of drug-likeness (QED) is 0.470. The van der Waals surface area contributed by atoms with Crippen molar-refractivity contribution >= 4 is 52.2 Å². The molecule has 82 valence electrons. The van der Waals surface area contributed by atoms with E-state index in [1.54, 1.807) is 17.4 Å². The SMILES string of the molecule is Oc1ccc2c(c1)sc1c3ccccc3sc21. The predicted molar refractivity (Wildman–Crippen MR) is 76.4 cm³/mol. The molecule has 0 fully saturated rings. The number of phenolic OH excluding ortho intramolecular Hbond substituents is 1. The summed E-state index contributed by atoms with van der Waals surface area (Å²) >= 11 is 3.59. The summed E-state index contributed by atoms with van der Waals surface area (Å²) in [6.07, 6.45) is 0. The molecule has 0 aliphatic carbocycles. The van der Waals surface area contributed by atoms with Crippen LogP contribution in [0.3, 0.4) is 0 Å². The highest BCUT2D eigenvalue weighted by molar-refractivity contribution is 7.36. The van der Waals surface area contributed by atoms with Crippen LogP contribution in [0.5, 0.6) is 5.75 Å². The minimum atomic E-state index is 0.343. The van der Waals surface area contributed by atoms with E-state index in [1.165, 1.54) is 24.9 Å². The molecular formula is C14H8OS2. The van der Waals surface area contributed by atoms with Crippen LogP contribution < -0.4 is 0 Å². The van der Waals surface area contributed by atoms with E-state index >= 15 is 0 Å². The van der Waals surface area contributed by atoms with Gasteiger partial charge in [-0.3, -0.25) is 0 Å². The molecule has 4 aromatic rings. The molecule has 17 heavy (non-hydrogen) atoms. The van der Waals surface area contributed by atoms with Gasteiger partial charge < -0.3 is 5.11 Å². The van der Waals surface area contributed by atoms with Crippen molar-refractivity contribution in [1.29, 1.82) is 0 Å². The van der Waals surface area contributed by atoms with E-state index in [4.69, 9.17) is 0 Å². The molecule has 0 saturated heterocycles. The first-order chi connectivity index (χ1) is 8.33. The number of fused-ring (bicyclic) bond motifs is 5. The molecule has 0 spiro atoms. The highest BCUT2D eigenvalue weighted by Gasteiger charge is 2.11. The van der Waals surface area contributed by atoms with E-state index in [2.05, 4.69) is 24.3 Å². The normalized spacial score (nSPS) is 11.8. The van der Waals surface area contributed by atoms with Gasteiger partial charge >= 0.3 is 0 Å². The first kappa shape index (κ1) is 9.45. The van der Waals surface area contributed by atoms with Crippen molar-refractivity contribution < 1.29 is 5.11 Å². The maximum atomic E-state index is 9.52. The smallest absolute Gasteiger partial charge is 0.117 e. The van der Waals surface area contributed by atoms with Crippen LogP contribution in [0.2, 0.25) is 0 Å². The zero-order valence-electron chi connectivity index (χ0n) is 8.81. The fraction of sp³-hybridized carbons (Fsp3) is 0. The Morgan fingerprint density at radius 1 is 0.765 bits per heavy atom. The monoisotopic (exact) mass is 256 g/mol. The van der Waals surface area contributed by atoms with Gasteiger partial charge in [-0.05, 0) is 24.3 Å². The van der Waals surface area contributed by atoms with Crippen LogP contribution in [0.1, 0.15) is 0 Å². The van der Waals surface area contributed by atoms with Crippen molar-refractivity contribution in [2.24, 2.45) is 0 Å². The van der Waals surface area contributed by atoms with E-state index in [0.717, 1.165) is 4.70 Å². The predicted octanol–water partition coefficient (Wildman–Crippen LogP) is 4.97. The Labute approximate surface area is 106 Å². The maximum absolute atomic E-state index is 9.52. The fourth-order valence-electron chi connectivity index (χ4n) is 2.19. The van der Waals surface area contributed by atoms with E-state index < -0.39 is 0 Å². The van der Waals surface area contributed by atoms with Crippen molar-refractivity contribution in [1.82, 2.24) is 0 Å². The molecule has 0 bridgehead atoms. The Hall–Kier alpha value is -1.58. The summed E-state index contributed by atoms with van der Waals surface area (Å²) in [6, 6.07) is 14.1. The number of phenols is 1. The first-order valence-corrected chi connectivity index (χ1v) is 6.99. The summed E-state index contributed by atoms with van der Waals surface area (Å²) in [7, 11) is 0. The summed E-state index contributed by atoms with van der Waals surface area (Å²) in [5, 5.41) is 12.1. The van der Waals surface area contributed by atoms with Crippen LogP contribution in [0.15, 0.2) is 42.5 Å². The van der Waals surface area contributed by atoms with Crippen LogP contribution in [-0.4, -0.2) is 5.11 Å². The molecule has 0 radical (unpaired) electrons. The van der Waals surface area contributed by atoms with E-state index in [0.29, 0.717) is 5.75 Å². The van der Waals surface area contributed by atoms with Gasteiger partial charge in [-0.15, -0.1) is 22.7 Å². The van der Waals surface area contributed by atoms with Crippen LogP contribution in [-0.2, 0) is 0 Å². The van der Waals surface area contributed by atoms with Gasteiger partial charge in [0.05, 0.1) is 9.40 Å². The molecule has 0 unspecified atom stereocenters. The van der Waals surface area contributed by atoms with E-state index in [9.17, 15) is 5.11 Å². The Bertz CT molecular complexity index is 854. The molecule has 4 rings (SSSR count). The molecule has 2 aromatic carbocycles. The third-order valence-corrected chi connectivity index (χ3v) is 5.49. The van der Waals surface area contributed by atoms with Crippen LogP contribution in [0.25, 0.3) is 29.6 Å². The zero-order valence-corrected chi connectivity index (χ0v) is 10.4. The highest BCUT2D eigenvalue weighted by Crippen LogP contribution is 2.44. The molecule has 0 amide bonds. The topological polar surface area (TPSA) is 20.2 Å². The average molecular weight is 256 g/mol. The maximum Gasteiger partial charge on any atom is 0.117 e. The molecule has 0 aliphatic rings.